The molecule has 0 heterocycles. The van der Waals surface area contributed by atoms with Crippen molar-refractivity contribution in [2.45, 2.75) is 6.04 Å². The molecule has 2 rings (SSSR count). The molecule has 0 saturated carbocycles. The number of ether oxygens (including phenoxy) is 1. The van der Waals surface area contributed by atoms with Crippen LogP contribution in [-0.2, 0) is 0 Å². The number of benzene rings is 2. The Bertz CT molecular complexity index is 811. The van der Waals surface area contributed by atoms with Crippen LogP contribution in [0.25, 0.3) is 0 Å². The van der Waals surface area contributed by atoms with Crippen LogP contribution < -0.4 is 10.1 Å². The van der Waals surface area contributed by atoms with E-state index in [9.17, 15) is 14.9 Å². The predicted molar refractivity (Wildman–Crippen MR) is 99.9 cm³/mol. The van der Waals surface area contributed by atoms with E-state index in [0.29, 0.717) is 5.02 Å². The minimum absolute atomic E-state index is 0.110. The first-order valence-electron chi connectivity index (χ1n) is 7.86. The van der Waals surface area contributed by atoms with Crippen molar-refractivity contribution in [3.05, 3.63) is 68.7 Å². The number of nitrogens with zero attached hydrogens (tertiary/aromatic N) is 2. The molecule has 1 amide bonds. The number of hydrogen-bond acceptors (Lipinski definition) is 5. The molecule has 0 aliphatic rings. The number of likely N-dealkylation sites (N-methyl/N-ethyl adjacent to an activating group) is 1. The molecular weight excluding hydrogens is 358 g/mol. The highest BCUT2D eigenvalue weighted by molar-refractivity contribution is 6.31. The van der Waals surface area contributed by atoms with E-state index in [4.69, 9.17) is 16.3 Å². The van der Waals surface area contributed by atoms with Gasteiger partial charge in [0.15, 0.2) is 0 Å². The van der Waals surface area contributed by atoms with Crippen molar-refractivity contribution < 1.29 is 14.5 Å². The molecule has 2 aromatic rings. The van der Waals surface area contributed by atoms with Crippen molar-refractivity contribution in [1.29, 1.82) is 0 Å². The van der Waals surface area contributed by atoms with Gasteiger partial charge in [0, 0.05) is 23.7 Å². The van der Waals surface area contributed by atoms with Crippen LogP contribution >= 0.6 is 11.6 Å². The summed E-state index contributed by atoms with van der Waals surface area (Å²) in [5, 5.41) is 14.4. The number of carbonyl (C=O) groups is 1. The fourth-order valence-corrected chi connectivity index (χ4v) is 2.85. The molecule has 0 bridgehead atoms. The monoisotopic (exact) mass is 377 g/mol. The summed E-state index contributed by atoms with van der Waals surface area (Å²) in [6, 6.07) is 11.2. The van der Waals surface area contributed by atoms with Gasteiger partial charge >= 0.3 is 0 Å². The van der Waals surface area contributed by atoms with Crippen molar-refractivity contribution in [2.24, 2.45) is 0 Å². The highest BCUT2D eigenvalue weighted by Crippen LogP contribution is 2.27. The third-order valence-corrected chi connectivity index (χ3v) is 4.33. The Hall–Kier alpha value is -2.64. The van der Waals surface area contributed by atoms with E-state index in [2.05, 4.69) is 5.32 Å². The van der Waals surface area contributed by atoms with E-state index in [-0.39, 0.29) is 29.6 Å². The zero-order valence-corrected chi connectivity index (χ0v) is 15.5. The molecule has 0 aromatic heterocycles. The fourth-order valence-electron chi connectivity index (χ4n) is 2.59. The van der Waals surface area contributed by atoms with Gasteiger partial charge in [-0.1, -0.05) is 29.8 Å². The van der Waals surface area contributed by atoms with Gasteiger partial charge in [-0.05, 0) is 31.8 Å². The smallest absolute Gasteiger partial charge is 0.270 e. The summed E-state index contributed by atoms with van der Waals surface area (Å²) in [5.41, 5.74) is 0.815. The molecule has 1 unspecified atom stereocenters. The molecule has 0 fully saturated rings. The number of rotatable bonds is 7. The first kappa shape index (κ1) is 19.7. The van der Waals surface area contributed by atoms with E-state index < -0.39 is 10.8 Å². The van der Waals surface area contributed by atoms with Crippen molar-refractivity contribution in [1.82, 2.24) is 10.2 Å². The molecule has 1 atom stereocenters. The summed E-state index contributed by atoms with van der Waals surface area (Å²) < 4.78 is 5.14. The summed E-state index contributed by atoms with van der Waals surface area (Å²) in [5.74, 6) is -0.184. The third kappa shape index (κ3) is 4.50. The van der Waals surface area contributed by atoms with Gasteiger partial charge < -0.3 is 15.0 Å². The van der Waals surface area contributed by atoms with Crippen LogP contribution in [0.5, 0.6) is 5.75 Å². The van der Waals surface area contributed by atoms with Crippen LogP contribution in [0.15, 0.2) is 42.5 Å². The van der Waals surface area contributed by atoms with Crippen LogP contribution in [0.3, 0.4) is 0 Å². The molecule has 138 valence electrons. The van der Waals surface area contributed by atoms with Crippen LogP contribution in [0.1, 0.15) is 22.0 Å². The molecule has 7 nitrogen and oxygen atoms in total. The molecule has 0 aliphatic heterocycles. The highest BCUT2D eigenvalue weighted by atomic mass is 35.5. The first-order valence-corrected chi connectivity index (χ1v) is 8.24. The van der Waals surface area contributed by atoms with Gasteiger partial charge in [0.2, 0.25) is 0 Å². The molecule has 26 heavy (non-hydrogen) atoms. The fraction of sp³-hybridized carbons (Fsp3) is 0.278. The van der Waals surface area contributed by atoms with Gasteiger partial charge in [-0.3, -0.25) is 14.9 Å². The largest absolute Gasteiger partial charge is 0.496 e. The van der Waals surface area contributed by atoms with E-state index in [0.717, 1.165) is 5.56 Å². The van der Waals surface area contributed by atoms with Gasteiger partial charge in [-0.2, -0.15) is 0 Å². The second kappa shape index (κ2) is 8.64. The van der Waals surface area contributed by atoms with Crippen LogP contribution in [0, 0.1) is 10.1 Å². The lowest BCUT2D eigenvalue weighted by Crippen LogP contribution is -2.34. The minimum Gasteiger partial charge on any atom is -0.496 e. The Morgan fingerprint density at radius 2 is 2.00 bits per heavy atom. The van der Waals surface area contributed by atoms with Crippen molar-refractivity contribution in [3.8, 4) is 5.75 Å². The number of amides is 1. The molecule has 1 N–H and O–H groups in total. The normalized spacial score (nSPS) is 11.9. The summed E-state index contributed by atoms with van der Waals surface area (Å²) >= 11 is 6.26. The lowest BCUT2D eigenvalue weighted by atomic mass is 10.1. The maximum atomic E-state index is 12.6. The zero-order valence-electron chi connectivity index (χ0n) is 14.7. The second-order valence-corrected chi connectivity index (χ2v) is 6.26. The van der Waals surface area contributed by atoms with Crippen LogP contribution in [0.4, 0.5) is 5.69 Å². The van der Waals surface area contributed by atoms with Gasteiger partial charge in [-0.15, -0.1) is 0 Å². The quantitative estimate of drug-likeness (QED) is 0.591. The van der Waals surface area contributed by atoms with Crippen molar-refractivity contribution in [2.75, 3.05) is 27.7 Å². The lowest BCUT2D eigenvalue weighted by Gasteiger charge is -2.26. The number of halogens is 1. The molecular formula is C18H20ClN3O4. The minimum atomic E-state index is -0.553. The maximum absolute atomic E-state index is 12.6. The molecule has 0 saturated heterocycles. The number of hydrogen-bond donors (Lipinski definition) is 1. The molecule has 0 spiro atoms. The topological polar surface area (TPSA) is 84.7 Å². The Morgan fingerprint density at radius 1 is 1.31 bits per heavy atom. The maximum Gasteiger partial charge on any atom is 0.270 e. The third-order valence-electron chi connectivity index (χ3n) is 3.98. The molecule has 0 radical (unpaired) electrons. The average molecular weight is 378 g/mol. The number of non-ortho nitro benzene ring substituents is 1. The van der Waals surface area contributed by atoms with Crippen molar-refractivity contribution >= 4 is 23.2 Å². The number of nitro benzene ring substituents is 1. The van der Waals surface area contributed by atoms with E-state index in [1.54, 1.807) is 6.07 Å². The average Bonchev–Trinajstić information content (AvgIpc) is 2.62. The molecule has 2 aromatic carbocycles. The summed E-state index contributed by atoms with van der Waals surface area (Å²) in [6.45, 7) is 0.279. The van der Waals surface area contributed by atoms with E-state index in [1.807, 2.05) is 37.2 Å². The number of nitrogens with one attached hydrogen (secondary N) is 1. The lowest BCUT2D eigenvalue weighted by molar-refractivity contribution is -0.384. The number of nitro groups is 1. The zero-order chi connectivity index (χ0) is 19.3. The molecule has 8 heteroatoms. The van der Waals surface area contributed by atoms with Gasteiger partial charge in [-0.25, -0.2) is 0 Å². The Labute approximate surface area is 156 Å². The summed E-state index contributed by atoms with van der Waals surface area (Å²) in [6.07, 6.45) is 0. The highest BCUT2D eigenvalue weighted by Gasteiger charge is 2.21. The van der Waals surface area contributed by atoms with Gasteiger partial charge in [0.1, 0.15) is 5.75 Å². The Kier molecular flexibility index (Phi) is 6.54. The van der Waals surface area contributed by atoms with Gasteiger partial charge in [0.25, 0.3) is 11.6 Å². The number of methoxy groups -OCH3 is 1. The summed E-state index contributed by atoms with van der Waals surface area (Å²) in [4.78, 5) is 24.9. The van der Waals surface area contributed by atoms with Crippen LogP contribution in [-0.4, -0.2) is 43.5 Å². The van der Waals surface area contributed by atoms with Crippen molar-refractivity contribution in [3.63, 3.8) is 0 Å². The van der Waals surface area contributed by atoms with E-state index in [1.165, 1.54) is 25.3 Å². The first-order chi connectivity index (χ1) is 12.3. The molecule has 0 aliphatic carbocycles. The Balaban J connectivity index is 2.22. The van der Waals surface area contributed by atoms with Gasteiger partial charge in [0.05, 0.1) is 23.6 Å². The summed E-state index contributed by atoms with van der Waals surface area (Å²) in [7, 11) is 5.17. The SMILES string of the molecule is COc1ccc([N+](=O)[O-])cc1C(=O)NCC(c1ccccc1Cl)N(C)C. The standard InChI is InChI=1S/C18H20ClN3O4/c1-21(2)16(13-6-4-5-7-15(13)19)11-20-18(23)14-10-12(22(24)25)8-9-17(14)26-3/h4-10,16H,11H2,1-3H3,(H,20,23). The number of carbonyl (C=O) groups excluding carboxylic acids is 1. The Morgan fingerprint density at radius 3 is 2.58 bits per heavy atom. The van der Waals surface area contributed by atoms with Crippen LogP contribution in [0.2, 0.25) is 5.02 Å². The second-order valence-electron chi connectivity index (χ2n) is 5.85. The predicted octanol–water partition coefficient (Wildman–Crippen LogP) is 3.29. The van der Waals surface area contributed by atoms with E-state index >= 15 is 0 Å².